The third-order valence-corrected chi connectivity index (χ3v) is 9.75. The minimum absolute atomic E-state index is 0.0345. The fraction of sp³-hybridized carbons (Fsp3) is 0.810. The van der Waals surface area contributed by atoms with E-state index in [1.807, 2.05) is 0 Å². The highest BCUT2D eigenvalue weighted by Gasteiger charge is 2.34. The number of carbonyl (C=O) groups excluding carboxylic acids is 1. The maximum Gasteiger partial charge on any atom is 0.339 e. The molecule has 0 bridgehead atoms. The summed E-state index contributed by atoms with van der Waals surface area (Å²) in [5, 5.41) is 9.78. The lowest BCUT2D eigenvalue weighted by atomic mass is 9.84. The predicted molar refractivity (Wildman–Crippen MR) is 197 cm³/mol. The van der Waals surface area contributed by atoms with Crippen LogP contribution in [0.25, 0.3) is 0 Å². The number of ether oxygens (including phenoxy) is 1. The van der Waals surface area contributed by atoms with Gasteiger partial charge < -0.3 is 9.84 Å². The van der Waals surface area contributed by atoms with Gasteiger partial charge in [-0.25, -0.2) is 9.59 Å². The third kappa shape index (κ3) is 21.1. The lowest BCUT2D eigenvalue weighted by Crippen LogP contribution is -2.36. The number of carboxylic acids is 1. The van der Waals surface area contributed by atoms with Gasteiger partial charge in [0.2, 0.25) is 0 Å². The van der Waals surface area contributed by atoms with Crippen molar-refractivity contribution in [1.29, 1.82) is 0 Å². The van der Waals surface area contributed by atoms with Crippen LogP contribution in [0.2, 0.25) is 0 Å². The van der Waals surface area contributed by atoms with Crippen LogP contribution in [0.1, 0.15) is 222 Å². The Labute approximate surface area is 285 Å². The van der Waals surface area contributed by atoms with Crippen LogP contribution in [-0.4, -0.2) is 22.6 Å². The first-order valence-corrected chi connectivity index (χ1v) is 19.8. The van der Waals surface area contributed by atoms with E-state index in [9.17, 15) is 14.7 Å². The topological polar surface area (TPSA) is 63.6 Å². The quantitative estimate of drug-likeness (QED) is 0.0646. The van der Waals surface area contributed by atoms with Crippen LogP contribution in [0.15, 0.2) is 24.3 Å². The molecule has 1 N–H and O–H groups in total. The number of hydrogen-bond donors (Lipinski definition) is 1. The Morgan fingerprint density at radius 3 is 1.28 bits per heavy atom. The summed E-state index contributed by atoms with van der Waals surface area (Å²) in [4.78, 5) is 25.6. The van der Waals surface area contributed by atoms with Crippen LogP contribution in [0.5, 0.6) is 0 Å². The second-order valence-corrected chi connectivity index (χ2v) is 15.1. The number of carboxylic acid groups (broad SMARTS) is 1. The molecule has 0 spiro atoms. The summed E-state index contributed by atoms with van der Waals surface area (Å²) < 4.78 is 6.53. The highest BCUT2D eigenvalue weighted by Crippen LogP contribution is 2.34. The number of esters is 1. The molecule has 4 heteroatoms. The lowest BCUT2D eigenvalue weighted by Gasteiger charge is -2.34. The molecule has 1 rings (SSSR count). The molecule has 0 aliphatic heterocycles. The van der Waals surface area contributed by atoms with Crippen molar-refractivity contribution < 1.29 is 19.4 Å². The summed E-state index contributed by atoms with van der Waals surface area (Å²) in [6, 6.07) is 6.55. The first-order chi connectivity index (χ1) is 22.2. The van der Waals surface area contributed by atoms with Gasteiger partial charge in [-0.15, -0.1) is 0 Å². The summed E-state index contributed by atoms with van der Waals surface area (Å²) in [6.07, 6.45) is 31.4. The van der Waals surface area contributed by atoms with Crippen molar-refractivity contribution in [3.63, 3.8) is 0 Å². The molecule has 0 unspecified atom stereocenters. The summed E-state index contributed by atoms with van der Waals surface area (Å²) in [7, 11) is 0. The minimum atomic E-state index is -1.08. The first kappa shape index (κ1) is 42.2. The molecule has 0 fully saturated rings. The van der Waals surface area contributed by atoms with Crippen LogP contribution in [0.3, 0.4) is 0 Å². The zero-order valence-corrected chi connectivity index (χ0v) is 31.0. The molecule has 4 nitrogen and oxygen atoms in total. The maximum atomic E-state index is 13.7. The van der Waals surface area contributed by atoms with Crippen molar-refractivity contribution in [2.75, 3.05) is 0 Å². The fourth-order valence-corrected chi connectivity index (χ4v) is 6.80. The Balaban J connectivity index is 2.91. The van der Waals surface area contributed by atoms with Crippen molar-refractivity contribution >= 4 is 11.9 Å². The molecule has 1 aromatic rings. The second-order valence-electron chi connectivity index (χ2n) is 15.1. The van der Waals surface area contributed by atoms with E-state index in [1.54, 1.807) is 18.2 Å². The molecule has 0 amide bonds. The molecular formula is C42H74O4. The van der Waals surface area contributed by atoms with Gasteiger partial charge in [0.05, 0.1) is 11.1 Å². The molecule has 0 aromatic heterocycles. The Bertz CT molecular complexity index is 865. The largest absolute Gasteiger partial charge is 0.478 e. The van der Waals surface area contributed by atoms with E-state index in [0.29, 0.717) is 0 Å². The predicted octanol–water partition coefficient (Wildman–Crippen LogP) is 13.8. The lowest BCUT2D eigenvalue weighted by molar-refractivity contribution is -0.0362. The van der Waals surface area contributed by atoms with Crippen molar-refractivity contribution in [3.05, 3.63) is 35.4 Å². The first-order valence-electron chi connectivity index (χ1n) is 19.8. The van der Waals surface area contributed by atoms with Gasteiger partial charge in [0.15, 0.2) is 0 Å². The number of aromatic carboxylic acids is 1. The second kappa shape index (κ2) is 27.1. The monoisotopic (exact) mass is 643 g/mol. The molecule has 0 atom stereocenters. The van der Waals surface area contributed by atoms with E-state index < -0.39 is 17.5 Å². The van der Waals surface area contributed by atoms with Crippen molar-refractivity contribution in [3.8, 4) is 0 Å². The SMILES string of the molecule is CCCCCCCCCCCC(CCCCCCCCC(C)C)(CCCCCCCCC(C)C)OC(=O)c1ccccc1C(=O)O. The third-order valence-electron chi connectivity index (χ3n) is 9.75. The van der Waals surface area contributed by atoms with Gasteiger partial charge in [0, 0.05) is 0 Å². The van der Waals surface area contributed by atoms with Crippen LogP contribution in [0.4, 0.5) is 0 Å². The Morgan fingerprint density at radius 1 is 0.565 bits per heavy atom. The highest BCUT2D eigenvalue weighted by atomic mass is 16.6. The summed E-state index contributed by atoms with van der Waals surface area (Å²) in [5.41, 5.74) is -0.298. The highest BCUT2D eigenvalue weighted by molar-refractivity contribution is 6.02. The zero-order chi connectivity index (χ0) is 33.9. The van der Waals surface area contributed by atoms with Gasteiger partial charge in [-0.2, -0.15) is 0 Å². The van der Waals surface area contributed by atoms with E-state index in [0.717, 1.165) is 50.4 Å². The average Bonchev–Trinajstić information content (AvgIpc) is 3.02. The van der Waals surface area contributed by atoms with Gasteiger partial charge in [-0.05, 0) is 62.5 Å². The number of unbranched alkanes of at least 4 members (excludes halogenated alkanes) is 18. The summed E-state index contributed by atoms with van der Waals surface area (Å²) in [6.45, 7) is 11.5. The van der Waals surface area contributed by atoms with Crippen molar-refractivity contribution in [2.45, 2.75) is 207 Å². The van der Waals surface area contributed by atoms with Gasteiger partial charge in [-0.1, -0.05) is 175 Å². The minimum Gasteiger partial charge on any atom is -0.478 e. The molecule has 0 radical (unpaired) electrons. The number of carbonyl (C=O) groups is 2. The molecule has 1 aromatic carbocycles. The Morgan fingerprint density at radius 2 is 0.913 bits per heavy atom. The van der Waals surface area contributed by atoms with E-state index in [1.165, 1.54) is 134 Å². The molecule has 0 aliphatic rings. The number of hydrogen-bond acceptors (Lipinski definition) is 3. The summed E-state index contributed by atoms with van der Waals surface area (Å²) >= 11 is 0. The van der Waals surface area contributed by atoms with E-state index in [2.05, 4.69) is 34.6 Å². The smallest absolute Gasteiger partial charge is 0.339 e. The average molecular weight is 643 g/mol. The normalized spacial score (nSPS) is 11.9. The van der Waals surface area contributed by atoms with E-state index in [-0.39, 0.29) is 11.1 Å². The Hall–Kier alpha value is -1.84. The molecule has 0 heterocycles. The van der Waals surface area contributed by atoms with Gasteiger partial charge in [0.25, 0.3) is 0 Å². The van der Waals surface area contributed by atoms with Gasteiger partial charge in [-0.3, -0.25) is 0 Å². The van der Waals surface area contributed by atoms with Crippen molar-refractivity contribution in [1.82, 2.24) is 0 Å². The fourth-order valence-electron chi connectivity index (χ4n) is 6.80. The van der Waals surface area contributed by atoms with Crippen LogP contribution < -0.4 is 0 Å². The maximum absolute atomic E-state index is 13.7. The van der Waals surface area contributed by atoms with Gasteiger partial charge in [0.1, 0.15) is 5.60 Å². The molecule has 266 valence electrons. The molecule has 46 heavy (non-hydrogen) atoms. The summed E-state index contributed by atoms with van der Waals surface area (Å²) in [5.74, 6) is 0.0219. The molecule has 0 saturated carbocycles. The van der Waals surface area contributed by atoms with Gasteiger partial charge >= 0.3 is 11.9 Å². The number of rotatable bonds is 31. The van der Waals surface area contributed by atoms with Crippen LogP contribution in [-0.2, 0) is 4.74 Å². The Kier molecular flexibility index (Phi) is 24.9. The van der Waals surface area contributed by atoms with E-state index >= 15 is 0 Å². The van der Waals surface area contributed by atoms with Crippen LogP contribution >= 0.6 is 0 Å². The van der Waals surface area contributed by atoms with Crippen molar-refractivity contribution in [2.24, 2.45) is 11.8 Å². The standard InChI is InChI=1S/C42H74O4/c1-6-7-8-9-10-11-14-19-26-33-42(34-27-20-15-12-17-22-29-36(2)3,35-28-21-16-13-18-23-30-37(4)5)46-41(45)39-32-25-24-31-38(39)40(43)44/h24-25,31-32,36-37H,6-23,26-30,33-35H2,1-5H3,(H,43,44). The number of benzene rings is 1. The molecule has 0 saturated heterocycles. The molecular weight excluding hydrogens is 568 g/mol. The van der Waals surface area contributed by atoms with E-state index in [4.69, 9.17) is 4.74 Å². The van der Waals surface area contributed by atoms with Crippen LogP contribution in [0, 0.1) is 11.8 Å². The zero-order valence-electron chi connectivity index (χ0n) is 31.0. The molecule has 0 aliphatic carbocycles.